The van der Waals surface area contributed by atoms with Crippen LogP contribution in [0.3, 0.4) is 0 Å². The van der Waals surface area contributed by atoms with Gasteiger partial charge in [0.05, 0.1) is 17.4 Å². The zero-order chi connectivity index (χ0) is 18.1. The molecule has 1 heterocycles. The van der Waals surface area contributed by atoms with E-state index in [2.05, 4.69) is 13.0 Å². The van der Waals surface area contributed by atoms with Gasteiger partial charge in [0.25, 0.3) is 5.56 Å². The standard InChI is InChI=1S/C22H24N2O2/c1-16-9-5-6-10-17(16)15-23-20-14-8-7-13-19(20)21(25)24(22(23)26)18-11-3-2-4-12-18/h5-10,13-14,18H,2-4,11-12,15H2,1H3. The van der Waals surface area contributed by atoms with Gasteiger partial charge in [0.2, 0.25) is 0 Å². The van der Waals surface area contributed by atoms with Crippen LogP contribution in [-0.2, 0) is 6.54 Å². The molecule has 1 aliphatic carbocycles. The summed E-state index contributed by atoms with van der Waals surface area (Å²) < 4.78 is 3.30. The van der Waals surface area contributed by atoms with Crippen molar-refractivity contribution in [3.8, 4) is 0 Å². The summed E-state index contributed by atoms with van der Waals surface area (Å²) in [6.07, 6.45) is 5.19. The molecule has 1 aliphatic rings. The minimum atomic E-state index is -0.177. The van der Waals surface area contributed by atoms with Gasteiger partial charge in [-0.15, -0.1) is 0 Å². The Morgan fingerprint density at radius 3 is 2.38 bits per heavy atom. The molecule has 0 amide bonds. The maximum absolute atomic E-state index is 13.3. The van der Waals surface area contributed by atoms with E-state index in [-0.39, 0.29) is 17.3 Å². The molecule has 4 nitrogen and oxygen atoms in total. The average molecular weight is 348 g/mol. The first-order valence-electron chi connectivity index (χ1n) is 9.45. The molecule has 0 saturated heterocycles. The number of fused-ring (bicyclic) bond motifs is 1. The second-order valence-corrected chi connectivity index (χ2v) is 7.28. The van der Waals surface area contributed by atoms with E-state index in [9.17, 15) is 9.59 Å². The summed E-state index contributed by atoms with van der Waals surface area (Å²) in [5.41, 5.74) is 2.66. The predicted molar refractivity (Wildman–Crippen MR) is 105 cm³/mol. The van der Waals surface area contributed by atoms with Gasteiger partial charge in [0.1, 0.15) is 0 Å². The van der Waals surface area contributed by atoms with Gasteiger partial charge in [0.15, 0.2) is 0 Å². The SMILES string of the molecule is Cc1ccccc1Cn1c(=O)n(C2CCCCC2)c(=O)c2ccccc21. The van der Waals surface area contributed by atoms with E-state index in [0.717, 1.165) is 42.3 Å². The Hall–Kier alpha value is -2.62. The monoisotopic (exact) mass is 348 g/mol. The smallest absolute Gasteiger partial charge is 0.289 e. The first-order chi connectivity index (χ1) is 12.7. The Kier molecular flexibility index (Phi) is 4.49. The molecular weight excluding hydrogens is 324 g/mol. The van der Waals surface area contributed by atoms with E-state index >= 15 is 0 Å². The second kappa shape index (κ2) is 6.94. The maximum atomic E-state index is 13.3. The number of para-hydroxylation sites is 1. The summed E-state index contributed by atoms with van der Waals surface area (Å²) in [7, 11) is 0. The van der Waals surface area contributed by atoms with E-state index in [1.807, 2.05) is 42.5 Å². The van der Waals surface area contributed by atoms with Gasteiger partial charge in [-0.2, -0.15) is 0 Å². The van der Waals surface area contributed by atoms with Crippen LogP contribution in [0.2, 0.25) is 0 Å². The number of nitrogens with zero attached hydrogens (tertiary/aromatic N) is 2. The van der Waals surface area contributed by atoms with Gasteiger partial charge >= 0.3 is 5.69 Å². The van der Waals surface area contributed by atoms with Crippen LogP contribution in [0, 0.1) is 6.92 Å². The quantitative estimate of drug-likeness (QED) is 0.717. The lowest BCUT2D eigenvalue weighted by atomic mass is 9.95. The normalized spacial score (nSPS) is 15.4. The molecule has 4 heteroatoms. The number of aromatic nitrogens is 2. The lowest BCUT2D eigenvalue weighted by Gasteiger charge is -2.25. The molecule has 0 N–H and O–H groups in total. The first-order valence-corrected chi connectivity index (χ1v) is 9.45. The minimum absolute atomic E-state index is 0.0245. The van der Waals surface area contributed by atoms with E-state index < -0.39 is 0 Å². The molecule has 1 fully saturated rings. The molecule has 4 rings (SSSR count). The van der Waals surface area contributed by atoms with Gasteiger partial charge in [-0.3, -0.25) is 13.9 Å². The van der Waals surface area contributed by atoms with Gasteiger partial charge in [0, 0.05) is 6.04 Å². The highest BCUT2D eigenvalue weighted by Gasteiger charge is 2.22. The Morgan fingerprint density at radius 2 is 1.62 bits per heavy atom. The van der Waals surface area contributed by atoms with E-state index in [0.29, 0.717) is 11.9 Å². The van der Waals surface area contributed by atoms with Crippen LogP contribution in [0.25, 0.3) is 10.9 Å². The van der Waals surface area contributed by atoms with Crippen LogP contribution in [0.5, 0.6) is 0 Å². The molecule has 1 aromatic heterocycles. The number of aryl methyl sites for hydroxylation is 1. The Labute approximate surface area is 152 Å². The van der Waals surface area contributed by atoms with Crippen molar-refractivity contribution < 1.29 is 0 Å². The third-order valence-corrected chi connectivity index (χ3v) is 5.61. The third kappa shape index (κ3) is 2.90. The Morgan fingerprint density at radius 1 is 0.923 bits per heavy atom. The number of benzene rings is 2. The van der Waals surface area contributed by atoms with Crippen molar-refractivity contribution in [2.75, 3.05) is 0 Å². The number of hydrogen-bond donors (Lipinski definition) is 0. The molecule has 0 spiro atoms. The van der Waals surface area contributed by atoms with E-state index in [4.69, 9.17) is 0 Å². The summed E-state index contributed by atoms with van der Waals surface area (Å²) >= 11 is 0. The Bertz CT molecular complexity index is 1060. The second-order valence-electron chi connectivity index (χ2n) is 7.28. The van der Waals surface area contributed by atoms with Gasteiger partial charge in [-0.1, -0.05) is 55.7 Å². The van der Waals surface area contributed by atoms with Crippen molar-refractivity contribution >= 4 is 10.9 Å². The van der Waals surface area contributed by atoms with E-state index in [1.165, 1.54) is 11.0 Å². The number of rotatable bonds is 3. The van der Waals surface area contributed by atoms with Crippen LogP contribution in [-0.4, -0.2) is 9.13 Å². The molecule has 134 valence electrons. The van der Waals surface area contributed by atoms with Gasteiger partial charge < -0.3 is 0 Å². The summed E-state index contributed by atoms with van der Waals surface area (Å²) in [5, 5.41) is 0.631. The molecule has 2 aromatic carbocycles. The van der Waals surface area contributed by atoms with Crippen LogP contribution >= 0.6 is 0 Å². The lowest BCUT2D eigenvalue weighted by molar-refractivity contribution is 0.333. The maximum Gasteiger partial charge on any atom is 0.332 e. The average Bonchev–Trinajstić information content (AvgIpc) is 2.67. The van der Waals surface area contributed by atoms with Gasteiger partial charge in [-0.05, 0) is 43.0 Å². The zero-order valence-corrected chi connectivity index (χ0v) is 15.1. The highest BCUT2D eigenvalue weighted by Crippen LogP contribution is 2.26. The summed E-state index contributed by atoms with van der Waals surface area (Å²) in [6.45, 7) is 2.54. The highest BCUT2D eigenvalue weighted by atomic mass is 16.2. The van der Waals surface area contributed by atoms with Crippen LogP contribution in [0.15, 0.2) is 58.1 Å². The summed E-state index contributed by atoms with van der Waals surface area (Å²) in [5.74, 6) is 0. The van der Waals surface area contributed by atoms with Crippen LogP contribution in [0.1, 0.15) is 49.3 Å². The van der Waals surface area contributed by atoms with Gasteiger partial charge in [-0.25, -0.2) is 4.79 Å². The fourth-order valence-corrected chi connectivity index (χ4v) is 4.11. The van der Waals surface area contributed by atoms with Crippen LogP contribution in [0.4, 0.5) is 0 Å². The van der Waals surface area contributed by atoms with Crippen molar-refractivity contribution in [2.24, 2.45) is 0 Å². The molecular formula is C22H24N2O2. The lowest BCUT2D eigenvalue weighted by Crippen LogP contribution is -2.43. The van der Waals surface area contributed by atoms with Crippen LogP contribution < -0.4 is 11.2 Å². The first kappa shape index (κ1) is 16.8. The van der Waals surface area contributed by atoms with Crippen molar-refractivity contribution in [3.05, 3.63) is 80.5 Å². The summed E-state index contributed by atoms with van der Waals surface area (Å²) in [6, 6.07) is 15.6. The Balaban J connectivity index is 1.95. The minimum Gasteiger partial charge on any atom is -0.289 e. The van der Waals surface area contributed by atoms with E-state index in [1.54, 1.807) is 4.57 Å². The molecule has 0 unspecified atom stereocenters. The van der Waals surface area contributed by atoms with Crippen molar-refractivity contribution in [1.29, 1.82) is 0 Å². The third-order valence-electron chi connectivity index (χ3n) is 5.61. The number of hydrogen-bond acceptors (Lipinski definition) is 2. The fourth-order valence-electron chi connectivity index (χ4n) is 4.11. The molecule has 26 heavy (non-hydrogen) atoms. The highest BCUT2D eigenvalue weighted by molar-refractivity contribution is 5.78. The molecule has 1 saturated carbocycles. The zero-order valence-electron chi connectivity index (χ0n) is 15.1. The molecule has 0 atom stereocenters. The molecule has 0 radical (unpaired) electrons. The summed E-state index contributed by atoms with van der Waals surface area (Å²) in [4.78, 5) is 26.4. The largest absolute Gasteiger partial charge is 0.332 e. The van der Waals surface area contributed by atoms with Crippen molar-refractivity contribution in [1.82, 2.24) is 9.13 Å². The molecule has 3 aromatic rings. The fraction of sp³-hybridized carbons (Fsp3) is 0.364. The topological polar surface area (TPSA) is 44.0 Å². The van der Waals surface area contributed by atoms with Crippen molar-refractivity contribution in [3.63, 3.8) is 0 Å². The molecule has 0 bridgehead atoms. The predicted octanol–water partition coefficient (Wildman–Crippen LogP) is 4.03. The van der Waals surface area contributed by atoms with Crippen molar-refractivity contribution in [2.45, 2.75) is 51.6 Å². The molecule has 0 aliphatic heterocycles.